The van der Waals surface area contributed by atoms with Crippen LogP contribution in [0.2, 0.25) is 5.15 Å². The summed E-state index contributed by atoms with van der Waals surface area (Å²) in [6.07, 6.45) is 1.12. The molecule has 1 rings (SSSR count). The first-order valence-corrected chi connectivity index (χ1v) is 6.55. The monoisotopic (exact) mass is 270 g/mol. The average Bonchev–Trinajstić information content (AvgIpc) is 2.38. The standard InChI is InChI=1S/C12H19ClN4O/c1-3-8-17(4-2)9-7-14-12(18)10-5-6-11(13)16-15-10/h5-6H,3-4,7-9H2,1-2H3,(H,14,18). The summed E-state index contributed by atoms with van der Waals surface area (Å²) in [5.74, 6) is -0.216. The predicted molar refractivity (Wildman–Crippen MR) is 71.8 cm³/mol. The van der Waals surface area contributed by atoms with Gasteiger partial charge in [0.1, 0.15) is 0 Å². The van der Waals surface area contributed by atoms with Crippen molar-refractivity contribution in [2.75, 3.05) is 26.2 Å². The van der Waals surface area contributed by atoms with Crippen molar-refractivity contribution in [2.24, 2.45) is 0 Å². The lowest BCUT2D eigenvalue weighted by atomic mass is 10.3. The van der Waals surface area contributed by atoms with Gasteiger partial charge in [-0.3, -0.25) is 4.79 Å². The molecule has 1 aromatic rings. The normalized spacial score (nSPS) is 10.7. The lowest BCUT2D eigenvalue weighted by Crippen LogP contribution is -2.35. The zero-order chi connectivity index (χ0) is 13.4. The van der Waals surface area contributed by atoms with Crippen LogP contribution in [0.4, 0.5) is 0 Å². The van der Waals surface area contributed by atoms with Gasteiger partial charge in [-0.15, -0.1) is 10.2 Å². The number of carbonyl (C=O) groups excluding carboxylic acids is 1. The minimum atomic E-state index is -0.216. The third-order valence-electron chi connectivity index (χ3n) is 2.57. The largest absolute Gasteiger partial charge is 0.349 e. The summed E-state index contributed by atoms with van der Waals surface area (Å²) in [4.78, 5) is 14.0. The van der Waals surface area contributed by atoms with E-state index in [0.29, 0.717) is 6.54 Å². The second kappa shape index (κ2) is 8.00. The SMILES string of the molecule is CCCN(CC)CCNC(=O)c1ccc(Cl)nn1. The van der Waals surface area contributed by atoms with Crippen LogP contribution in [0.25, 0.3) is 0 Å². The van der Waals surface area contributed by atoms with Crippen LogP contribution in [0.15, 0.2) is 12.1 Å². The summed E-state index contributed by atoms with van der Waals surface area (Å²) in [6, 6.07) is 3.12. The minimum absolute atomic E-state index is 0.216. The molecule has 0 saturated heterocycles. The zero-order valence-corrected chi connectivity index (χ0v) is 11.6. The molecule has 100 valence electrons. The number of hydrogen-bond donors (Lipinski definition) is 1. The van der Waals surface area contributed by atoms with E-state index in [2.05, 4.69) is 34.3 Å². The summed E-state index contributed by atoms with van der Waals surface area (Å²) in [5.41, 5.74) is 0.290. The number of carbonyl (C=O) groups is 1. The maximum absolute atomic E-state index is 11.7. The highest BCUT2D eigenvalue weighted by Crippen LogP contribution is 2.01. The fourth-order valence-corrected chi connectivity index (χ4v) is 1.70. The Balaban J connectivity index is 2.35. The molecule has 0 spiro atoms. The molecule has 0 aromatic carbocycles. The van der Waals surface area contributed by atoms with Gasteiger partial charge in [0.05, 0.1) is 0 Å². The molecule has 18 heavy (non-hydrogen) atoms. The van der Waals surface area contributed by atoms with Gasteiger partial charge < -0.3 is 10.2 Å². The average molecular weight is 271 g/mol. The van der Waals surface area contributed by atoms with Gasteiger partial charge >= 0.3 is 0 Å². The van der Waals surface area contributed by atoms with Gasteiger partial charge in [-0.05, 0) is 31.6 Å². The van der Waals surface area contributed by atoms with Crippen LogP contribution in [0.5, 0.6) is 0 Å². The Bertz CT molecular complexity index is 369. The number of aromatic nitrogens is 2. The third kappa shape index (κ3) is 4.98. The Morgan fingerprint density at radius 3 is 2.67 bits per heavy atom. The van der Waals surface area contributed by atoms with Crippen LogP contribution in [0.1, 0.15) is 30.8 Å². The van der Waals surface area contributed by atoms with E-state index in [4.69, 9.17) is 11.6 Å². The Labute approximate surface area is 113 Å². The van der Waals surface area contributed by atoms with Gasteiger partial charge in [-0.2, -0.15) is 0 Å². The fourth-order valence-electron chi connectivity index (χ4n) is 1.60. The van der Waals surface area contributed by atoms with Crippen LogP contribution in [0, 0.1) is 0 Å². The van der Waals surface area contributed by atoms with Gasteiger partial charge in [0.2, 0.25) is 0 Å². The molecule has 0 unspecified atom stereocenters. The second-order valence-electron chi connectivity index (χ2n) is 3.93. The Hall–Kier alpha value is -1.20. The van der Waals surface area contributed by atoms with Crippen molar-refractivity contribution in [3.05, 3.63) is 23.0 Å². The van der Waals surface area contributed by atoms with E-state index < -0.39 is 0 Å². The number of nitrogens with zero attached hydrogens (tertiary/aromatic N) is 3. The molecular formula is C12H19ClN4O. The van der Waals surface area contributed by atoms with Crippen molar-refractivity contribution in [1.29, 1.82) is 0 Å². The summed E-state index contributed by atoms with van der Waals surface area (Å²) in [6.45, 7) is 7.75. The molecular weight excluding hydrogens is 252 g/mol. The molecule has 6 heteroatoms. The molecule has 1 heterocycles. The minimum Gasteiger partial charge on any atom is -0.349 e. The van der Waals surface area contributed by atoms with E-state index >= 15 is 0 Å². The molecule has 0 saturated carbocycles. The number of amides is 1. The first kappa shape index (κ1) is 14.9. The van der Waals surface area contributed by atoms with E-state index in [0.717, 1.165) is 26.1 Å². The quantitative estimate of drug-likeness (QED) is 0.818. The van der Waals surface area contributed by atoms with E-state index in [1.807, 2.05) is 0 Å². The number of hydrogen-bond acceptors (Lipinski definition) is 4. The highest BCUT2D eigenvalue weighted by Gasteiger charge is 2.08. The van der Waals surface area contributed by atoms with Crippen molar-refractivity contribution in [1.82, 2.24) is 20.4 Å². The molecule has 0 radical (unpaired) electrons. The molecule has 0 aliphatic rings. The number of halogens is 1. The zero-order valence-electron chi connectivity index (χ0n) is 10.8. The fraction of sp³-hybridized carbons (Fsp3) is 0.583. The van der Waals surface area contributed by atoms with Gasteiger partial charge in [0, 0.05) is 13.1 Å². The highest BCUT2D eigenvalue weighted by atomic mass is 35.5. The molecule has 1 aromatic heterocycles. The predicted octanol–water partition coefficient (Wildman–Crippen LogP) is 1.59. The van der Waals surface area contributed by atoms with Crippen molar-refractivity contribution < 1.29 is 4.79 Å². The summed E-state index contributed by atoms with van der Waals surface area (Å²) in [5, 5.41) is 10.5. The molecule has 0 atom stereocenters. The summed E-state index contributed by atoms with van der Waals surface area (Å²) < 4.78 is 0. The third-order valence-corrected chi connectivity index (χ3v) is 2.77. The van der Waals surface area contributed by atoms with Crippen LogP contribution < -0.4 is 5.32 Å². The maximum Gasteiger partial charge on any atom is 0.271 e. The number of nitrogens with one attached hydrogen (secondary N) is 1. The van der Waals surface area contributed by atoms with Crippen molar-refractivity contribution in [3.8, 4) is 0 Å². The Morgan fingerprint density at radius 1 is 1.33 bits per heavy atom. The molecule has 1 amide bonds. The van der Waals surface area contributed by atoms with Crippen LogP contribution >= 0.6 is 11.6 Å². The molecule has 5 nitrogen and oxygen atoms in total. The maximum atomic E-state index is 11.7. The van der Waals surface area contributed by atoms with Gasteiger partial charge in [-0.1, -0.05) is 25.4 Å². The van der Waals surface area contributed by atoms with Crippen LogP contribution in [-0.2, 0) is 0 Å². The van der Waals surface area contributed by atoms with E-state index in [-0.39, 0.29) is 16.8 Å². The van der Waals surface area contributed by atoms with Gasteiger partial charge in [0.15, 0.2) is 10.8 Å². The molecule has 0 fully saturated rings. The van der Waals surface area contributed by atoms with Crippen LogP contribution in [0.3, 0.4) is 0 Å². The first-order valence-electron chi connectivity index (χ1n) is 6.17. The van der Waals surface area contributed by atoms with E-state index in [1.165, 1.54) is 0 Å². The second-order valence-corrected chi connectivity index (χ2v) is 4.32. The number of likely N-dealkylation sites (N-methyl/N-ethyl adjacent to an activating group) is 1. The molecule has 1 N–H and O–H groups in total. The van der Waals surface area contributed by atoms with Crippen molar-refractivity contribution in [2.45, 2.75) is 20.3 Å². The van der Waals surface area contributed by atoms with Gasteiger partial charge in [-0.25, -0.2) is 0 Å². The highest BCUT2D eigenvalue weighted by molar-refractivity contribution is 6.29. The Kier molecular flexibility index (Phi) is 6.60. The summed E-state index contributed by atoms with van der Waals surface area (Å²) >= 11 is 5.60. The van der Waals surface area contributed by atoms with Crippen LogP contribution in [-0.4, -0.2) is 47.2 Å². The molecule has 0 bridgehead atoms. The van der Waals surface area contributed by atoms with E-state index in [1.54, 1.807) is 12.1 Å². The summed E-state index contributed by atoms with van der Waals surface area (Å²) in [7, 11) is 0. The lowest BCUT2D eigenvalue weighted by Gasteiger charge is -2.19. The van der Waals surface area contributed by atoms with Gasteiger partial charge in [0.25, 0.3) is 5.91 Å². The lowest BCUT2D eigenvalue weighted by molar-refractivity contribution is 0.0942. The smallest absolute Gasteiger partial charge is 0.271 e. The topological polar surface area (TPSA) is 58.1 Å². The molecule has 0 aliphatic heterocycles. The Morgan fingerprint density at radius 2 is 2.11 bits per heavy atom. The number of rotatable bonds is 7. The van der Waals surface area contributed by atoms with Crippen molar-refractivity contribution in [3.63, 3.8) is 0 Å². The molecule has 0 aliphatic carbocycles. The first-order chi connectivity index (χ1) is 8.67. The van der Waals surface area contributed by atoms with E-state index in [9.17, 15) is 4.79 Å². The van der Waals surface area contributed by atoms with Crippen molar-refractivity contribution >= 4 is 17.5 Å².